The van der Waals surface area contributed by atoms with E-state index in [4.69, 9.17) is 19.9 Å². The molecular weight excluding hydrogens is 532 g/mol. The van der Waals surface area contributed by atoms with E-state index in [1.54, 1.807) is 42.5 Å². The Hall–Kier alpha value is -3.76. The summed E-state index contributed by atoms with van der Waals surface area (Å²) in [4.78, 5) is 12.5. The number of unbranched alkanes of at least 4 members (excludes halogenated alkanes) is 4. The number of carbonyl (C=O) groups excluding carboxylic acids is 1. The van der Waals surface area contributed by atoms with Crippen molar-refractivity contribution in [3.8, 4) is 23.3 Å². The van der Waals surface area contributed by atoms with Crippen LogP contribution in [0.3, 0.4) is 0 Å². The molecule has 7 heteroatoms. The lowest BCUT2D eigenvalue weighted by Crippen LogP contribution is -2.21. The van der Waals surface area contributed by atoms with Gasteiger partial charge in [-0.25, -0.2) is 4.79 Å². The molecule has 1 atom stereocenters. The standard InChI is InChI=1S/C30H29BrN2O4/c1-2-3-4-5-6-17-35-23-13-9-20(10-14-23)28-25-16-15-24(18-27(25)37-29(33)26(28)19-32)36-30(34)21-7-11-22(31)12-8-21/h7-16,18,28H,2-6,17,33H2,1H3. The van der Waals surface area contributed by atoms with E-state index in [1.165, 1.54) is 25.7 Å². The molecule has 1 aliphatic heterocycles. The molecule has 1 heterocycles. The van der Waals surface area contributed by atoms with Crippen molar-refractivity contribution < 1.29 is 19.0 Å². The first-order chi connectivity index (χ1) is 18.0. The van der Waals surface area contributed by atoms with E-state index in [-0.39, 0.29) is 5.88 Å². The fraction of sp³-hybridized carbons (Fsp3) is 0.267. The van der Waals surface area contributed by atoms with E-state index < -0.39 is 11.9 Å². The molecule has 0 amide bonds. The van der Waals surface area contributed by atoms with Crippen LogP contribution in [0.2, 0.25) is 0 Å². The van der Waals surface area contributed by atoms with Crippen molar-refractivity contribution in [1.82, 2.24) is 0 Å². The van der Waals surface area contributed by atoms with E-state index in [0.29, 0.717) is 29.2 Å². The minimum absolute atomic E-state index is 0.0313. The highest BCUT2D eigenvalue weighted by molar-refractivity contribution is 9.10. The predicted molar refractivity (Wildman–Crippen MR) is 146 cm³/mol. The van der Waals surface area contributed by atoms with Crippen molar-refractivity contribution in [3.05, 3.63) is 99.3 Å². The number of benzene rings is 3. The molecule has 190 valence electrons. The number of hydrogen-bond donors (Lipinski definition) is 1. The quantitative estimate of drug-likeness (QED) is 0.159. The first-order valence-corrected chi connectivity index (χ1v) is 13.2. The fourth-order valence-corrected chi connectivity index (χ4v) is 4.51. The highest BCUT2D eigenvalue weighted by Crippen LogP contribution is 2.43. The molecule has 1 aliphatic rings. The van der Waals surface area contributed by atoms with E-state index in [1.807, 2.05) is 24.3 Å². The van der Waals surface area contributed by atoms with Gasteiger partial charge in [0.15, 0.2) is 0 Å². The number of allylic oxidation sites excluding steroid dienone is 1. The van der Waals surface area contributed by atoms with Gasteiger partial charge in [0.25, 0.3) is 0 Å². The SMILES string of the molecule is CCCCCCCOc1ccc(C2C(C#N)=C(N)Oc3cc(OC(=O)c4ccc(Br)cc4)ccc32)cc1. The summed E-state index contributed by atoms with van der Waals surface area (Å²) in [5.74, 6) is 0.687. The molecule has 2 N–H and O–H groups in total. The Labute approximate surface area is 225 Å². The van der Waals surface area contributed by atoms with Crippen molar-refractivity contribution in [2.24, 2.45) is 5.73 Å². The molecule has 1 unspecified atom stereocenters. The number of nitrogens with zero attached hydrogens (tertiary/aromatic N) is 1. The number of hydrogen-bond acceptors (Lipinski definition) is 6. The summed E-state index contributed by atoms with van der Waals surface area (Å²) in [7, 11) is 0. The molecule has 0 saturated heterocycles. The Morgan fingerprint density at radius 1 is 1.00 bits per heavy atom. The van der Waals surface area contributed by atoms with Crippen LogP contribution in [-0.4, -0.2) is 12.6 Å². The van der Waals surface area contributed by atoms with Crippen LogP contribution in [0.5, 0.6) is 17.2 Å². The molecule has 37 heavy (non-hydrogen) atoms. The largest absolute Gasteiger partial charge is 0.494 e. The highest BCUT2D eigenvalue weighted by atomic mass is 79.9. The summed E-state index contributed by atoms with van der Waals surface area (Å²) < 4.78 is 18.1. The Kier molecular flexibility index (Phi) is 8.86. The average Bonchev–Trinajstić information content (AvgIpc) is 2.90. The second-order valence-corrected chi connectivity index (χ2v) is 9.77. The molecule has 4 rings (SSSR count). The molecule has 0 fully saturated rings. The smallest absolute Gasteiger partial charge is 0.343 e. The number of rotatable bonds is 10. The number of esters is 1. The zero-order valence-electron chi connectivity index (χ0n) is 20.7. The maximum atomic E-state index is 12.5. The van der Waals surface area contributed by atoms with Crippen LogP contribution in [0, 0.1) is 11.3 Å². The number of nitriles is 1. The second kappa shape index (κ2) is 12.5. The van der Waals surface area contributed by atoms with Crippen LogP contribution in [0.15, 0.2) is 82.7 Å². The summed E-state index contributed by atoms with van der Waals surface area (Å²) in [5.41, 5.74) is 8.54. The van der Waals surface area contributed by atoms with Gasteiger partial charge in [-0.3, -0.25) is 0 Å². The molecule has 0 spiro atoms. The molecule has 3 aromatic rings. The maximum Gasteiger partial charge on any atom is 0.343 e. The van der Waals surface area contributed by atoms with E-state index in [2.05, 4.69) is 28.9 Å². The summed E-state index contributed by atoms with van der Waals surface area (Å²) in [6.45, 7) is 2.88. The van der Waals surface area contributed by atoms with Crippen molar-refractivity contribution in [2.45, 2.75) is 44.9 Å². The lowest BCUT2D eigenvalue weighted by atomic mass is 9.83. The molecule has 0 aromatic heterocycles. The number of ether oxygens (including phenoxy) is 3. The summed E-state index contributed by atoms with van der Waals surface area (Å²) in [6, 6.07) is 21.9. The molecule has 0 saturated carbocycles. The third kappa shape index (κ3) is 6.52. The lowest BCUT2D eigenvalue weighted by Gasteiger charge is -2.26. The van der Waals surface area contributed by atoms with E-state index in [9.17, 15) is 10.1 Å². The van der Waals surface area contributed by atoms with Gasteiger partial charge in [-0.1, -0.05) is 66.7 Å². The van der Waals surface area contributed by atoms with Gasteiger partial charge in [-0.15, -0.1) is 0 Å². The predicted octanol–water partition coefficient (Wildman–Crippen LogP) is 7.24. The fourth-order valence-electron chi connectivity index (χ4n) is 4.25. The lowest BCUT2D eigenvalue weighted by molar-refractivity contribution is 0.0734. The number of halogens is 1. The van der Waals surface area contributed by atoms with Crippen LogP contribution in [0.25, 0.3) is 0 Å². The molecule has 0 bridgehead atoms. The third-order valence-electron chi connectivity index (χ3n) is 6.21. The first kappa shape index (κ1) is 26.3. The zero-order chi connectivity index (χ0) is 26.2. The summed E-state index contributed by atoms with van der Waals surface area (Å²) >= 11 is 3.35. The summed E-state index contributed by atoms with van der Waals surface area (Å²) in [6.07, 6.45) is 5.91. The number of fused-ring (bicyclic) bond motifs is 1. The second-order valence-electron chi connectivity index (χ2n) is 8.85. The Morgan fingerprint density at radius 2 is 1.70 bits per heavy atom. The van der Waals surface area contributed by atoms with Crippen LogP contribution in [-0.2, 0) is 0 Å². The summed E-state index contributed by atoms with van der Waals surface area (Å²) in [5, 5.41) is 9.83. The van der Waals surface area contributed by atoms with Gasteiger partial charge >= 0.3 is 5.97 Å². The normalized spacial score (nSPS) is 14.4. The first-order valence-electron chi connectivity index (χ1n) is 12.4. The van der Waals surface area contributed by atoms with Gasteiger partial charge in [0.1, 0.15) is 28.9 Å². The van der Waals surface area contributed by atoms with Gasteiger partial charge in [0.2, 0.25) is 5.88 Å². The van der Waals surface area contributed by atoms with Gasteiger partial charge in [-0.2, -0.15) is 5.26 Å². The average molecular weight is 561 g/mol. The van der Waals surface area contributed by atoms with Crippen LogP contribution < -0.4 is 19.9 Å². The van der Waals surface area contributed by atoms with Gasteiger partial charge in [0.05, 0.1) is 18.1 Å². The van der Waals surface area contributed by atoms with Crippen molar-refractivity contribution in [2.75, 3.05) is 6.61 Å². The zero-order valence-corrected chi connectivity index (χ0v) is 22.3. The topological polar surface area (TPSA) is 94.6 Å². The van der Waals surface area contributed by atoms with Crippen molar-refractivity contribution in [3.63, 3.8) is 0 Å². The van der Waals surface area contributed by atoms with Gasteiger partial charge in [-0.05, 0) is 54.4 Å². The van der Waals surface area contributed by atoms with Gasteiger partial charge in [0, 0.05) is 16.1 Å². The Morgan fingerprint density at radius 3 is 2.41 bits per heavy atom. The molecule has 3 aromatic carbocycles. The minimum atomic E-state index is -0.484. The monoisotopic (exact) mass is 560 g/mol. The van der Waals surface area contributed by atoms with Crippen LogP contribution in [0.4, 0.5) is 0 Å². The highest BCUT2D eigenvalue weighted by Gasteiger charge is 2.31. The Balaban J connectivity index is 1.50. The van der Waals surface area contributed by atoms with Crippen LogP contribution >= 0.6 is 15.9 Å². The molecule has 0 aliphatic carbocycles. The number of carbonyl (C=O) groups is 1. The third-order valence-corrected chi connectivity index (χ3v) is 6.74. The van der Waals surface area contributed by atoms with Crippen molar-refractivity contribution in [1.29, 1.82) is 5.26 Å². The Bertz CT molecular complexity index is 1310. The van der Waals surface area contributed by atoms with Gasteiger partial charge < -0.3 is 19.9 Å². The van der Waals surface area contributed by atoms with E-state index >= 15 is 0 Å². The molecule has 0 radical (unpaired) electrons. The molecule has 6 nitrogen and oxygen atoms in total. The maximum absolute atomic E-state index is 12.5. The number of nitrogens with two attached hydrogens (primary N) is 1. The minimum Gasteiger partial charge on any atom is -0.494 e. The van der Waals surface area contributed by atoms with Crippen LogP contribution in [0.1, 0.15) is 66.4 Å². The van der Waals surface area contributed by atoms with Crippen molar-refractivity contribution >= 4 is 21.9 Å². The van der Waals surface area contributed by atoms with E-state index in [0.717, 1.165) is 27.8 Å². The molecular formula is C30H29BrN2O4.